The van der Waals surface area contributed by atoms with Gasteiger partial charge < -0.3 is 15.0 Å². The molecule has 6 heteroatoms. The van der Waals surface area contributed by atoms with Crippen LogP contribution in [-0.2, 0) is 4.79 Å². The van der Waals surface area contributed by atoms with E-state index in [1.165, 1.54) is 6.07 Å². The number of carbonyl (C=O) groups is 1. The van der Waals surface area contributed by atoms with Crippen LogP contribution in [0.4, 0.5) is 5.82 Å². The Hall–Kier alpha value is -1.85. The van der Waals surface area contributed by atoms with Crippen LogP contribution in [0.15, 0.2) is 10.9 Å². The highest BCUT2D eigenvalue weighted by molar-refractivity contribution is 5.66. The van der Waals surface area contributed by atoms with Crippen molar-refractivity contribution in [3.8, 4) is 0 Å². The standard InChI is InChI=1S/C10H15N3O3/c1-7-11-8(6-9(14)12-7)13(2)5-3-4-10(15)16/h6H,3-5H2,1-2H3,(H,15,16)(H,11,12,14). The van der Waals surface area contributed by atoms with Gasteiger partial charge in [-0.1, -0.05) is 0 Å². The number of hydrogen-bond donors (Lipinski definition) is 2. The highest BCUT2D eigenvalue weighted by Gasteiger charge is 2.05. The topological polar surface area (TPSA) is 86.3 Å². The van der Waals surface area contributed by atoms with Crippen molar-refractivity contribution in [1.82, 2.24) is 9.97 Å². The molecule has 0 aromatic carbocycles. The summed E-state index contributed by atoms with van der Waals surface area (Å²) in [6.45, 7) is 2.26. The zero-order valence-corrected chi connectivity index (χ0v) is 9.36. The summed E-state index contributed by atoms with van der Waals surface area (Å²) in [7, 11) is 1.78. The lowest BCUT2D eigenvalue weighted by atomic mass is 10.3. The summed E-state index contributed by atoms with van der Waals surface area (Å²) >= 11 is 0. The quantitative estimate of drug-likeness (QED) is 0.756. The highest BCUT2D eigenvalue weighted by atomic mass is 16.4. The molecule has 6 nitrogen and oxygen atoms in total. The fourth-order valence-electron chi connectivity index (χ4n) is 1.34. The summed E-state index contributed by atoms with van der Waals surface area (Å²) in [5.74, 6) is 0.294. The molecule has 1 rings (SSSR count). The number of nitrogens with zero attached hydrogens (tertiary/aromatic N) is 2. The van der Waals surface area contributed by atoms with Crippen molar-refractivity contribution >= 4 is 11.8 Å². The summed E-state index contributed by atoms with van der Waals surface area (Å²) in [5.41, 5.74) is -0.201. The van der Waals surface area contributed by atoms with Gasteiger partial charge >= 0.3 is 5.97 Å². The Morgan fingerprint density at radius 2 is 2.31 bits per heavy atom. The summed E-state index contributed by atoms with van der Waals surface area (Å²) in [6, 6.07) is 1.40. The van der Waals surface area contributed by atoms with Gasteiger partial charge in [-0.3, -0.25) is 9.59 Å². The monoisotopic (exact) mass is 225 g/mol. The number of anilines is 1. The maximum Gasteiger partial charge on any atom is 0.303 e. The second-order valence-corrected chi connectivity index (χ2v) is 3.61. The van der Waals surface area contributed by atoms with E-state index < -0.39 is 5.97 Å². The Bertz CT molecular complexity index is 428. The number of H-pyrrole nitrogens is 1. The molecule has 0 atom stereocenters. The van der Waals surface area contributed by atoms with Crippen LogP contribution in [0.25, 0.3) is 0 Å². The number of aromatic nitrogens is 2. The molecular weight excluding hydrogens is 210 g/mol. The number of aliphatic carboxylic acids is 1. The first-order valence-corrected chi connectivity index (χ1v) is 5.00. The molecule has 2 N–H and O–H groups in total. The van der Waals surface area contributed by atoms with Gasteiger partial charge in [-0.25, -0.2) is 4.98 Å². The van der Waals surface area contributed by atoms with Crippen molar-refractivity contribution in [3.05, 3.63) is 22.2 Å². The van der Waals surface area contributed by atoms with Gasteiger partial charge in [-0.15, -0.1) is 0 Å². The second kappa shape index (κ2) is 5.29. The van der Waals surface area contributed by atoms with Gasteiger partial charge in [-0.2, -0.15) is 0 Å². The van der Waals surface area contributed by atoms with E-state index in [2.05, 4.69) is 9.97 Å². The van der Waals surface area contributed by atoms with Crippen LogP contribution in [0.2, 0.25) is 0 Å². The SMILES string of the molecule is Cc1nc(N(C)CCCC(=O)O)cc(=O)[nH]1. The molecule has 1 heterocycles. The van der Waals surface area contributed by atoms with Crippen LogP contribution in [0.3, 0.4) is 0 Å². The van der Waals surface area contributed by atoms with Crippen LogP contribution in [-0.4, -0.2) is 34.6 Å². The Balaban J connectivity index is 2.62. The summed E-state index contributed by atoms with van der Waals surface area (Å²) < 4.78 is 0. The van der Waals surface area contributed by atoms with E-state index in [1.54, 1.807) is 18.9 Å². The molecule has 0 aliphatic heterocycles. The molecule has 16 heavy (non-hydrogen) atoms. The molecule has 0 radical (unpaired) electrons. The molecule has 0 saturated carbocycles. The molecule has 0 bridgehead atoms. The molecule has 88 valence electrons. The van der Waals surface area contributed by atoms with E-state index in [4.69, 9.17) is 5.11 Å². The van der Waals surface area contributed by atoms with E-state index >= 15 is 0 Å². The molecule has 0 fully saturated rings. The number of hydrogen-bond acceptors (Lipinski definition) is 4. The predicted octanol–water partition coefficient (Wildman–Crippen LogP) is 0.379. The minimum atomic E-state index is -0.816. The number of nitrogens with one attached hydrogen (secondary N) is 1. The minimum Gasteiger partial charge on any atom is -0.481 e. The fourth-order valence-corrected chi connectivity index (χ4v) is 1.34. The van der Waals surface area contributed by atoms with E-state index in [1.807, 2.05) is 0 Å². The smallest absolute Gasteiger partial charge is 0.303 e. The lowest BCUT2D eigenvalue weighted by Crippen LogP contribution is -2.23. The summed E-state index contributed by atoms with van der Waals surface area (Å²) in [6.07, 6.45) is 0.645. The largest absolute Gasteiger partial charge is 0.481 e. The van der Waals surface area contributed by atoms with Crippen molar-refractivity contribution in [2.75, 3.05) is 18.5 Å². The van der Waals surface area contributed by atoms with E-state index in [0.29, 0.717) is 24.6 Å². The number of aryl methyl sites for hydroxylation is 1. The molecule has 0 aliphatic carbocycles. The van der Waals surface area contributed by atoms with Crippen LogP contribution in [0.1, 0.15) is 18.7 Å². The third kappa shape index (κ3) is 3.72. The predicted molar refractivity (Wildman–Crippen MR) is 59.7 cm³/mol. The number of rotatable bonds is 5. The number of carboxylic acid groups (broad SMARTS) is 1. The zero-order valence-electron chi connectivity index (χ0n) is 9.36. The average molecular weight is 225 g/mol. The van der Waals surface area contributed by atoms with Crippen LogP contribution < -0.4 is 10.5 Å². The van der Waals surface area contributed by atoms with Crippen LogP contribution >= 0.6 is 0 Å². The second-order valence-electron chi connectivity index (χ2n) is 3.61. The van der Waals surface area contributed by atoms with Gasteiger partial charge in [0.15, 0.2) is 0 Å². The molecular formula is C10H15N3O3. The summed E-state index contributed by atoms with van der Waals surface area (Å²) in [4.78, 5) is 30.0. The maximum atomic E-state index is 11.2. The van der Waals surface area contributed by atoms with Gasteiger partial charge in [-0.05, 0) is 13.3 Å². The van der Waals surface area contributed by atoms with Gasteiger partial charge in [0.1, 0.15) is 11.6 Å². The van der Waals surface area contributed by atoms with Gasteiger partial charge in [0.25, 0.3) is 5.56 Å². The Morgan fingerprint density at radius 3 is 2.88 bits per heavy atom. The van der Waals surface area contributed by atoms with Crippen molar-refractivity contribution in [2.24, 2.45) is 0 Å². The molecule has 0 aliphatic rings. The normalized spacial score (nSPS) is 10.1. The highest BCUT2D eigenvalue weighted by Crippen LogP contribution is 2.06. The minimum absolute atomic E-state index is 0.118. The molecule has 0 amide bonds. The third-order valence-electron chi connectivity index (χ3n) is 2.12. The van der Waals surface area contributed by atoms with Gasteiger partial charge in [0.2, 0.25) is 0 Å². The molecule has 0 spiro atoms. The first kappa shape index (κ1) is 12.2. The third-order valence-corrected chi connectivity index (χ3v) is 2.12. The zero-order chi connectivity index (χ0) is 12.1. The van der Waals surface area contributed by atoms with E-state index in [9.17, 15) is 9.59 Å². The Kier molecular flexibility index (Phi) is 4.04. The van der Waals surface area contributed by atoms with Crippen LogP contribution in [0.5, 0.6) is 0 Å². The molecule has 1 aromatic heterocycles. The van der Waals surface area contributed by atoms with E-state index in [-0.39, 0.29) is 12.0 Å². The molecule has 0 saturated heterocycles. The molecule has 0 unspecified atom stereocenters. The van der Waals surface area contributed by atoms with Gasteiger partial charge in [0.05, 0.1) is 0 Å². The first-order valence-electron chi connectivity index (χ1n) is 5.00. The maximum absolute atomic E-state index is 11.2. The Morgan fingerprint density at radius 1 is 1.62 bits per heavy atom. The fraction of sp³-hybridized carbons (Fsp3) is 0.500. The van der Waals surface area contributed by atoms with Crippen molar-refractivity contribution < 1.29 is 9.90 Å². The van der Waals surface area contributed by atoms with Crippen molar-refractivity contribution in [1.29, 1.82) is 0 Å². The molecule has 1 aromatic rings. The van der Waals surface area contributed by atoms with E-state index in [0.717, 1.165) is 0 Å². The number of aromatic amines is 1. The number of carboxylic acids is 1. The van der Waals surface area contributed by atoms with Crippen LogP contribution in [0, 0.1) is 6.92 Å². The average Bonchev–Trinajstić information content (AvgIpc) is 2.15. The van der Waals surface area contributed by atoms with Crippen molar-refractivity contribution in [2.45, 2.75) is 19.8 Å². The van der Waals surface area contributed by atoms with Gasteiger partial charge in [0, 0.05) is 26.1 Å². The lowest BCUT2D eigenvalue weighted by molar-refractivity contribution is -0.137. The summed E-state index contributed by atoms with van der Waals surface area (Å²) in [5, 5.41) is 8.50. The van der Waals surface area contributed by atoms with Crippen molar-refractivity contribution in [3.63, 3.8) is 0 Å². The Labute approximate surface area is 92.9 Å². The first-order chi connectivity index (χ1) is 7.49. The lowest BCUT2D eigenvalue weighted by Gasteiger charge is -2.17.